The number of nitrogens with one attached hydrogen (secondary N) is 1. The maximum Gasteiger partial charge on any atom is 0.490 e. The van der Waals surface area contributed by atoms with E-state index in [1.807, 2.05) is 0 Å². The van der Waals surface area contributed by atoms with E-state index in [-0.39, 0.29) is 12.1 Å². The molecule has 120 valence electrons. The molecule has 0 saturated heterocycles. The molecule has 0 amide bonds. The van der Waals surface area contributed by atoms with Crippen LogP contribution in [0.3, 0.4) is 0 Å². The summed E-state index contributed by atoms with van der Waals surface area (Å²) in [6.45, 7) is 2.33. The summed E-state index contributed by atoms with van der Waals surface area (Å²) in [4.78, 5) is 24.0. The van der Waals surface area contributed by atoms with Gasteiger partial charge in [-0.25, -0.2) is 9.78 Å². The van der Waals surface area contributed by atoms with Gasteiger partial charge in [0.1, 0.15) is 0 Å². The third kappa shape index (κ3) is 8.05. The van der Waals surface area contributed by atoms with Crippen molar-refractivity contribution in [3.8, 4) is 0 Å². The molecule has 1 heterocycles. The third-order valence-corrected chi connectivity index (χ3v) is 2.10. The number of halogens is 3. The summed E-state index contributed by atoms with van der Waals surface area (Å²) < 4.78 is 33.1. The van der Waals surface area contributed by atoms with Crippen molar-refractivity contribution < 1.29 is 28.2 Å². The molecule has 1 rings (SSSR count). The molecule has 0 saturated carbocycles. The first-order valence-corrected chi connectivity index (χ1v) is 5.67. The van der Waals surface area contributed by atoms with Crippen LogP contribution in [0.1, 0.15) is 6.92 Å². The van der Waals surface area contributed by atoms with Crippen molar-refractivity contribution in [1.29, 1.82) is 0 Å². The Morgan fingerprint density at radius 2 is 2.00 bits per heavy atom. The van der Waals surface area contributed by atoms with E-state index >= 15 is 0 Å². The molecule has 0 radical (unpaired) electrons. The van der Waals surface area contributed by atoms with Crippen molar-refractivity contribution in [3.05, 3.63) is 28.9 Å². The number of alkyl halides is 3. The van der Waals surface area contributed by atoms with Gasteiger partial charge >= 0.3 is 12.1 Å². The molecule has 0 aliphatic carbocycles. The van der Waals surface area contributed by atoms with Crippen molar-refractivity contribution in [1.82, 2.24) is 14.9 Å². The Morgan fingerprint density at radius 1 is 1.48 bits per heavy atom. The molecular weight excluding hydrogens is 295 g/mol. The normalized spacial score (nSPS) is 13.8. The molecule has 1 aromatic heterocycles. The molecule has 3 N–H and O–H groups in total. The van der Waals surface area contributed by atoms with Crippen LogP contribution in [0.2, 0.25) is 0 Å². The van der Waals surface area contributed by atoms with Gasteiger partial charge in [0.2, 0.25) is 0 Å². The number of carboxylic acids is 1. The van der Waals surface area contributed by atoms with Gasteiger partial charge in [-0.2, -0.15) is 13.2 Å². The van der Waals surface area contributed by atoms with E-state index in [4.69, 9.17) is 9.90 Å². The summed E-state index contributed by atoms with van der Waals surface area (Å²) in [5, 5.41) is 19.8. The van der Waals surface area contributed by atoms with E-state index in [2.05, 4.69) is 10.3 Å². The number of hydrogen-bond acceptors (Lipinski definition) is 5. The van der Waals surface area contributed by atoms with Crippen LogP contribution in [0.4, 0.5) is 13.2 Å². The Hall–Kier alpha value is -1.94. The number of nitrogens with zero attached hydrogens (tertiary/aromatic N) is 2. The molecule has 0 spiro atoms. The topological polar surface area (TPSA) is 104 Å². The number of hydrogen-bond donors (Lipinski definition) is 3. The molecule has 0 aromatic carbocycles. The lowest BCUT2D eigenvalue weighted by Gasteiger charge is -2.23. The van der Waals surface area contributed by atoms with Gasteiger partial charge in [-0.1, -0.05) is 0 Å². The first kappa shape index (κ1) is 19.1. The minimum Gasteiger partial charge on any atom is -0.475 e. The predicted molar refractivity (Wildman–Crippen MR) is 66.7 cm³/mol. The fourth-order valence-electron chi connectivity index (χ4n) is 1.30. The average Bonchev–Trinajstić information content (AvgIpc) is 2.31. The van der Waals surface area contributed by atoms with Crippen LogP contribution < -0.4 is 10.9 Å². The monoisotopic (exact) mass is 311 g/mol. The van der Waals surface area contributed by atoms with Crippen molar-refractivity contribution in [3.63, 3.8) is 0 Å². The molecule has 0 aliphatic rings. The van der Waals surface area contributed by atoms with Crippen LogP contribution in [0.25, 0.3) is 0 Å². The van der Waals surface area contributed by atoms with E-state index < -0.39 is 17.7 Å². The molecule has 7 nitrogen and oxygen atoms in total. The largest absolute Gasteiger partial charge is 0.490 e. The zero-order valence-electron chi connectivity index (χ0n) is 11.4. The Labute approximate surface area is 118 Å². The maximum atomic E-state index is 11.3. The zero-order chi connectivity index (χ0) is 16.7. The van der Waals surface area contributed by atoms with E-state index in [9.17, 15) is 23.1 Å². The number of carbonyl (C=O) groups is 1. The van der Waals surface area contributed by atoms with Gasteiger partial charge in [-0.15, -0.1) is 0 Å². The molecule has 1 aromatic rings. The first-order chi connectivity index (χ1) is 9.49. The first-order valence-electron chi connectivity index (χ1n) is 5.67. The molecule has 0 bridgehead atoms. The van der Waals surface area contributed by atoms with Crippen LogP contribution in [-0.2, 0) is 11.3 Å². The Kier molecular flexibility index (Phi) is 7.02. The summed E-state index contributed by atoms with van der Waals surface area (Å²) in [5.74, 6) is -2.76. The van der Waals surface area contributed by atoms with Gasteiger partial charge in [0.05, 0.1) is 18.5 Å². The number of aliphatic hydroxyl groups is 1. The van der Waals surface area contributed by atoms with E-state index in [0.717, 1.165) is 0 Å². The van der Waals surface area contributed by atoms with Crippen molar-refractivity contribution in [2.75, 3.05) is 13.6 Å². The lowest BCUT2D eigenvalue weighted by molar-refractivity contribution is -0.192. The van der Waals surface area contributed by atoms with E-state index in [0.29, 0.717) is 6.54 Å². The zero-order valence-corrected chi connectivity index (χ0v) is 11.4. The van der Waals surface area contributed by atoms with Gasteiger partial charge in [0, 0.05) is 18.8 Å². The standard InChI is InChI=1S/C9H15N3O2.C2HF3O2/c1-9(14,5-10-2)6-12-7-11-4-3-8(12)13;3-2(4,5)1(6)7/h3-4,7,10,14H,5-6H2,1-2H3;(H,6,7). The van der Waals surface area contributed by atoms with Gasteiger partial charge in [-0.05, 0) is 14.0 Å². The minimum absolute atomic E-state index is 0.156. The van der Waals surface area contributed by atoms with Crippen molar-refractivity contribution in [2.24, 2.45) is 0 Å². The Balaban J connectivity index is 0.000000486. The molecule has 1 atom stereocenters. The summed E-state index contributed by atoms with van der Waals surface area (Å²) in [7, 11) is 1.75. The van der Waals surface area contributed by atoms with Gasteiger partial charge in [0.25, 0.3) is 5.56 Å². The molecule has 1 unspecified atom stereocenters. The average molecular weight is 311 g/mol. The maximum absolute atomic E-state index is 11.3. The summed E-state index contributed by atoms with van der Waals surface area (Å²) >= 11 is 0. The number of likely N-dealkylation sites (N-methyl/N-ethyl adjacent to an activating group) is 1. The number of aliphatic carboxylic acids is 1. The van der Waals surface area contributed by atoms with Crippen molar-refractivity contribution >= 4 is 5.97 Å². The van der Waals surface area contributed by atoms with E-state index in [1.54, 1.807) is 14.0 Å². The van der Waals surface area contributed by atoms with Crippen LogP contribution >= 0.6 is 0 Å². The van der Waals surface area contributed by atoms with E-state index in [1.165, 1.54) is 23.2 Å². The summed E-state index contributed by atoms with van der Waals surface area (Å²) in [6.07, 6.45) is -2.22. The van der Waals surface area contributed by atoms with Gasteiger partial charge < -0.3 is 15.5 Å². The van der Waals surface area contributed by atoms with Crippen LogP contribution in [0, 0.1) is 0 Å². The fraction of sp³-hybridized carbons (Fsp3) is 0.545. The molecular formula is C11H16F3N3O4. The van der Waals surface area contributed by atoms with Crippen molar-refractivity contribution in [2.45, 2.75) is 25.2 Å². The second-order valence-corrected chi connectivity index (χ2v) is 4.38. The van der Waals surface area contributed by atoms with Crippen LogP contribution in [0.5, 0.6) is 0 Å². The fourth-order valence-corrected chi connectivity index (χ4v) is 1.30. The third-order valence-electron chi connectivity index (χ3n) is 2.10. The highest BCUT2D eigenvalue weighted by Crippen LogP contribution is 2.13. The molecule has 0 aliphatic heterocycles. The van der Waals surface area contributed by atoms with Crippen LogP contribution in [0.15, 0.2) is 23.4 Å². The quantitative estimate of drug-likeness (QED) is 0.714. The highest BCUT2D eigenvalue weighted by molar-refractivity contribution is 5.73. The van der Waals surface area contributed by atoms with Gasteiger partial charge in [0.15, 0.2) is 0 Å². The lowest BCUT2D eigenvalue weighted by atomic mass is 10.1. The van der Waals surface area contributed by atoms with Crippen LogP contribution in [-0.4, -0.2) is 51.1 Å². The second kappa shape index (κ2) is 7.74. The lowest BCUT2D eigenvalue weighted by Crippen LogP contribution is -2.42. The number of rotatable bonds is 4. The summed E-state index contributed by atoms with van der Waals surface area (Å²) in [6, 6.07) is 1.37. The predicted octanol–water partition coefficient (Wildman–Crippen LogP) is -0.153. The molecule has 21 heavy (non-hydrogen) atoms. The Morgan fingerprint density at radius 3 is 2.38 bits per heavy atom. The summed E-state index contributed by atoms with van der Waals surface area (Å²) in [5.41, 5.74) is -1.10. The second-order valence-electron chi connectivity index (χ2n) is 4.38. The molecule has 0 fully saturated rings. The highest BCUT2D eigenvalue weighted by Gasteiger charge is 2.38. The Bertz CT molecular complexity index is 514. The smallest absolute Gasteiger partial charge is 0.475 e. The highest BCUT2D eigenvalue weighted by atomic mass is 19.4. The SMILES string of the molecule is CNCC(C)(O)Cn1cnccc1=O.O=C(O)C(F)(F)F. The number of carboxylic acid groups (broad SMARTS) is 1. The minimum atomic E-state index is -5.08. The number of aromatic nitrogens is 2. The molecule has 10 heteroatoms. The van der Waals surface area contributed by atoms with Gasteiger partial charge in [-0.3, -0.25) is 9.36 Å².